The van der Waals surface area contributed by atoms with Gasteiger partial charge in [-0.05, 0) is 62.7 Å². The third-order valence-corrected chi connectivity index (χ3v) is 5.05. The van der Waals surface area contributed by atoms with Gasteiger partial charge in [0.2, 0.25) is 0 Å². The fourth-order valence-corrected chi connectivity index (χ4v) is 3.58. The minimum atomic E-state index is 0.342. The van der Waals surface area contributed by atoms with Crippen LogP contribution >= 0.6 is 0 Å². The van der Waals surface area contributed by atoms with E-state index in [4.69, 9.17) is 0 Å². The molecule has 2 aliphatic rings. The number of Topliss-reactive ketones (excluding diaryl/α,β-unsaturated/α-hetero) is 1. The third-order valence-electron chi connectivity index (χ3n) is 5.05. The van der Waals surface area contributed by atoms with E-state index in [2.05, 4.69) is 37.4 Å². The summed E-state index contributed by atoms with van der Waals surface area (Å²) in [5.41, 5.74) is 4.10. The van der Waals surface area contributed by atoms with Crippen LogP contribution in [-0.4, -0.2) is 18.9 Å². The lowest BCUT2D eigenvalue weighted by Crippen LogP contribution is -2.31. The number of nitrogens with one attached hydrogen (secondary N) is 1. The summed E-state index contributed by atoms with van der Waals surface area (Å²) >= 11 is 0. The van der Waals surface area contributed by atoms with Crippen LogP contribution in [0.25, 0.3) is 0 Å². The molecule has 2 heteroatoms. The van der Waals surface area contributed by atoms with Gasteiger partial charge < -0.3 is 5.32 Å². The zero-order valence-electron chi connectivity index (χ0n) is 12.0. The average molecular weight is 257 g/mol. The van der Waals surface area contributed by atoms with Gasteiger partial charge in [-0.2, -0.15) is 0 Å². The van der Waals surface area contributed by atoms with Gasteiger partial charge in [-0.3, -0.25) is 4.79 Å². The van der Waals surface area contributed by atoms with Gasteiger partial charge in [-0.15, -0.1) is 0 Å². The molecule has 0 bridgehead atoms. The van der Waals surface area contributed by atoms with Gasteiger partial charge in [0.1, 0.15) is 5.78 Å². The predicted molar refractivity (Wildman–Crippen MR) is 77.3 cm³/mol. The highest BCUT2D eigenvalue weighted by atomic mass is 16.1. The molecule has 1 aliphatic heterocycles. The van der Waals surface area contributed by atoms with E-state index in [1.54, 1.807) is 0 Å². The van der Waals surface area contributed by atoms with E-state index >= 15 is 0 Å². The number of hydrogen-bond donors (Lipinski definition) is 1. The Hall–Kier alpha value is -1.15. The second-order valence-electron chi connectivity index (χ2n) is 6.44. The summed E-state index contributed by atoms with van der Waals surface area (Å²) < 4.78 is 0. The molecule has 1 atom stereocenters. The topological polar surface area (TPSA) is 29.1 Å². The molecule has 0 radical (unpaired) electrons. The average Bonchev–Trinajstić information content (AvgIpc) is 3.08. The molecule has 2 nitrogen and oxygen atoms in total. The molecule has 1 saturated heterocycles. The Bertz CT molecular complexity index is 500. The molecule has 0 amide bonds. The lowest BCUT2D eigenvalue weighted by Gasteiger charge is -2.23. The van der Waals surface area contributed by atoms with Crippen molar-refractivity contribution in [2.45, 2.75) is 39.5 Å². The van der Waals surface area contributed by atoms with Crippen LogP contribution in [-0.2, 0) is 11.2 Å². The van der Waals surface area contributed by atoms with Crippen molar-refractivity contribution in [3.63, 3.8) is 0 Å². The van der Waals surface area contributed by atoms with Crippen LogP contribution in [0, 0.1) is 25.2 Å². The quantitative estimate of drug-likeness (QED) is 0.902. The largest absolute Gasteiger partial charge is 0.317 e. The molecule has 2 fully saturated rings. The third kappa shape index (κ3) is 2.46. The Morgan fingerprint density at radius 1 is 1.32 bits per heavy atom. The summed E-state index contributed by atoms with van der Waals surface area (Å²) in [5.74, 6) is 0.810. The summed E-state index contributed by atoms with van der Waals surface area (Å²) in [6, 6.07) is 6.42. The van der Waals surface area contributed by atoms with E-state index < -0.39 is 0 Å². The Labute approximate surface area is 115 Å². The Kier molecular flexibility index (Phi) is 3.22. The van der Waals surface area contributed by atoms with E-state index in [1.807, 2.05) is 0 Å². The van der Waals surface area contributed by atoms with Crippen LogP contribution in [0.3, 0.4) is 0 Å². The molecule has 19 heavy (non-hydrogen) atoms. The van der Waals surface area contributed by atoms with Gasteiger partial charge in [-0.25, -0.2) is 0 Å². The van der Waals surface area contributed by atoms with Crippen molar-refractivity contribution in [2.24, 2.45) is 11.3 Å². The fourth-order valence-electron chi connectivity index (χ4n) is 3.58. The number of rotatable bonds is 3. The van der Waals surface area contributed by atoms with Crippen molar-refractivity contribution in [1.82, 2.24) is 5.32 Å². The SMILES string of the molecule is Cc1ccc(C)c(CC(=O)C2CC23CCNCC3)c1. The standard InChI is InChI=1S/C17H23NO/c1-12-3-4-13(2)14(9-12)10-16(19)15-11-17(15)5-7-18-8-6-17/h3-4,9,15,18H,5-8,10-11H2,1-2H3. The van der Waals surface area contributed by atoms with Gasteiger partial charge in [-0.1, -0.05) is 23.8 Å². The van der Waals surface area contributed by atoms with Gasteiger partial charge in [0.05, 0.1) is 0 Å². The number of hydrogen-bond acceptors (Lipinski definition) is 2. The van der Waals surface area contributed by atoms with Crippen LogP contribution < -0.4 is 5.32 Å². The molecule has 1 aromatic rings. The first kappa shape index (κ1) is 12.9. The molecular formula is C17H23NO. The molecule has 102 valence electrons. The summed E-state index contributed by atoms with van der Waals surface area (Å²) in [7, 11) is 0. The molecule has 0 aromatic heterocycles. The number of aryl methyl sites for hydroxylation is 2. The highest BCUT2D eigenvalue weighted by Crippen LogP contribution is 2.59. The summed E-state index contributed by atoms with van der Waals surface area (Å²) in [5, 5.41) is 3.39. The van der Waals surface area contributed by atoms with Crippen molar-refractivity contribution in [1.29, 1.82) is 0 Å². The molecule has 1 spiro atoms. The minimum Gasteiger partial charge on any atom is -0.317 e. The molecule has 3 rings (SSSR count). The van der Waals surface area contributed by atoms with Gasteiger partial charge >= 0.3 is 0 Å². The van der Waals surface area contributed by atoms with E-state index in [0.717, 1.165) is 19.5 Å². The predicted octanol–water partition coefficient (Wildman–Crippen LogP) is 2.80. The highest BCUT2D eigenvalue weighted by molar-refractivity contribution is 5.87. The molecule has 1 N–H and O–H groups in total. The lowest BCUT2D eigenvalue weighted by molar-refractivity contribution is -0.120. The van der Waals surface area contributed by atoms with Crippen molar-refractivity contribution >= 4 is 5.78 Å². The van der Waals surface area contributed by atoms with E-state index in [0.29, 0.717) is 23.5 Å². The molecule has 1 aromatic carbocycles. The van der Waals surface area contributed by atoms with Crippen LogP contribution in [0.15, 0.2) is 18.2 Å². The number of carbonyl (C=O) groups excluding carboxylic acids is 1. The summed E-state index contributed by atoms with van der Waals surface area (Å²) in [4.78, 5) is 12.5. The second kappa shape index (κ2) is 4.75. The van der Waals surface area contributed by atoms with Crippen LogP contribution in [0.5, 0.6) is 0 Å². The second-order valence-corrected chi connectivity index (χ2v) is 6.44. The minimum absolute atomic E-state index is 0.342. The summed E-state index contributed by atoms with van der Waals surface area (Å²) in [6.45, 7) is 6.38. The Morgan fingerprint density at radius 2 is 2.05 bits per heavy atom. The van der Waals surface area contributed by atoms with Crippen molar-refractivity contribution in [3.05, 3.63) is 34.9 Å². The number of carbonyl (C=O) groups is 1. The van der Waals surface area contributed by atoms with E-state index in [9.17, 15) is 4.79 Å². The number of benzene rings is 1. The first-order valence-electron chi connectivity index (χ1n) is 7.40. The van der Waals surface area contributed by atoms with Crippen LogP contribution in [0.1, 0.15) is 36.0 Å². The molecule has 1 heterocycles. The molecule has 1 saturated carbocycles. The highest BCUT2D eigenvalue weighted by Gasteiger charge is 2.56. The smallest absolute Gasteiger partial charge is 0.140 e. The fraction of sp³-hybridized carbons (Fsp3) is 0.588. The lowest BCUT2D eigenvalue weighted by atomic mass is 9.89. The normalized spacial score (nSPS) is 24.4. The first-order chi connectivity index (χ1) is 9.11. The van der Waals surface area contributed by atoms with Crippen molar-refractivity contribution < 1.29 is 4.79 Å². The van der Waals surface area contributed by atoms with E-state index in [-0.39, 0.29) is 0 Å². The maximum absolute atomic E-state index is 12.5. The van der Waals surface area contributed by atoms with Gasteiger partial charge in [0, 0.05) is 12.3 Å². The van der Waals surface area contributed by atoms with Gasteiger partial charge in [0.25, 0.3) is 0 Å². The van der Waals surface area contributed by atoms with Gasteiger partial charge in [0.15, 0.2) is 0 Å². The molecular weight excluding hydrogens is 234 g/mol. The van der Waals surface area contributed by atoms with E-state index in [1.165, 1.54) is 29.5 Å². The number of piperidine rings is 1. The summed E-state index contributed by atoms with van der Waals surface area (Å²) in [6.07, 6.45) is 4.15. The number of ketones is 1. The van der Waals surface area contributed by atoms with Crippen molar-refractivity contribution in [3.8, 4) is 0 Å². The Morgan fingerprint density at radius 3 is 2.79 bits per heavy atom. The maximum atomic E-state index is 12.5. The zero-order valence-corrected chi connectivity index (χ0v) is 12.0. The molecule has 1 unspecified atom stereocenters. The zero-order chi connectivity index (χ0) is 13.5. The molecule has 1 aliphatic carbocycles. The maximum Gasteiger partial charge on any atom is 0.140 e. The monoisotopic (exact) mass is 257 g/mol. The van der Waals surface area contributed by atoms with Crippen LogP contribution in [0.4, 0.5) is 0 Å². The Balaban J connectivity index is 1.68. The first-order valence-corrected chi connectivity index (χ1v) is 7.40. The van der Waals surface area contributed by atoms with Crippen LogP contribution in [0.2, 0.25) is 0 Å². The van der Waals surface area contributed by atoms with Crippen molar-refractivity contribution in [2.75, 3.05) is 13.1 Å².